The van der Waals surface area contributed by atoms with E-state index in [2.05, 4.69) is 11.8 Å². The molecule has 2 aliphatic rings. The van der Waals surface area contributed by atoms with Crippen LogP contribution < -0.4 is 5.73 Å². The summed E-state index contributed by atoms with van der Waals surface area (Å²) in [5, 5.41) is 0. The van der Waals surface area contributed by atoms with Crippen molar-refractivity contribution >= 4 is 0 Å². The second-order valence-electron chi connectivity index (χ2n) is 4.95. The number of rotatable bonds is 2. The highest BCUT2D eigenvalue weighted by Crippen LogP contribution is 2.31. The number of nitrogens with zero attached hydrogens (tertiary/aromatic N) is 1. The van der Waals surface area contributed by atoms with Crippen molar-refractivity contribution in [2.45, 2.75) is 31.7 Å². The molecule has 1 atom stereocenters. The van der Waals surface area contributed by atoms with Crippen molar-refractivity contribution in [2.75, 3.05) is 32.8 Å². The van der Waals surface area contributed by atoms with Crippen molar-refractivity contribution in [3.05, 3.63) is 0 Å². The summed E-state index contributed by atoms with van der Waals surface area (Å²) in [6, 6.07) is 0. The molecule has 14 heavy (non-hydrogen) atoms. The number of likely N-dealkylation sites (tertiary alicyclic amines) is 1. The minimum Gasteiger partial charge on any atom is -0.381 e. The number of ether oxygens (including phenoxy) is 1. The molecular weight excluding hydrogens is 176 g/mol. The van der Waals surface area contributed by atoms with Crippen LogP contribution in [0.1, 0.15) is 26.2 Å². The summed E-state index contributed by atoms with van der Waals surface area (Å²) in [5.74, 6) is 0.731. The first-order valence-electron chi connectivity index (χ1n) is 5.77. The van der Waals surface area contributed by atoms with Gasteiger partial charge in [0.05, 0.1) is 0 Å². The molecule has 1 unspecified atom stereocenters. The van der Waals surface area contributed by atoms with Gasteiger partial charge in [-0.05, 0) is 45.2 Å². The van der Waals surface area contributed by atoms with E-state index in [9.17, 15) is 0 Å². The molecule has 0 amide bonds. The second kappa shape index (κ2) is 4.17. The second-order valence-corrected chi connectivity index (χ2v) is 4.95. The van der Waals surface area contributed by atoms with Crippen LogP contribution in [-0.2, 0) is 4.74 Å². The van der Waals surface area contributed by atoms with Gasteiger partial charge in [0.1, 0.15) is 0 Å². The zero-order valence-corrected chi connectivity index (χ0v) is 9.17. The Morgan fingerprint density at radius 1 is 1.43 bits per heavy atom. The Morgan fingerprint density at radius 3 is 2.71 bits per heavy atom. The summed E-state index contributed by atoms with van der Waals surface area (Å²) >= 11 is 0. The van der Waals surface area contributed by atoms with Crippen LogP contribution in [0.25, 0.3) is 0 Å². The molecule has 0 aromatic heterocycles. The van der Waals surface area contributed by atoms with Gasteiger partial charge in [-0.2, -0.15) is 0 Å². The minimum absolute atomic E-state index is 0.391. The Morgan fingerprint density at radius 2 is 2.14 bits per heavy atom. The van der Waals surface area contributed by atoms with Crippen LogP contribution in [0.3, 0.4) is 0 Å². The third-order valence-corrected chi connectivity index (χ3v) is 3.95. The van der Waals surface area contributed by atoms with E-state index >= 15 is 0 Å². The van der Waals surface area contributed by atoms with Crippen LogP contribution in [0.4, 0.5) is 0 Å². The molecule has 0 aliphatic carbocycles. The number of nitrogens with two attached hydrogens (primary N) is 1. The van der Waals surface area contributed by atoms with Gasteiger partial charge < -0.3 is 10.5 Å². The van der Waals surface area contributed by atoms with Gasteiger partial charge in [-0.25, -0.2) is 0 Å². The molecule has 0 saturated carbocycles. The van der Waals surface area contributed by atoms with Crippen molar-refractivity contribution in [1.82, 2.24) is 4.90 Å². The fourth-order valence-electron chi connectivity index (χ4n) is 2.64. The number of hydrogen-bond donors (Lipinski definition) is 1. The predicted molar refractivity (Wildman–Crippen MR) is 57.2 cm³/mol. The molecule has 2 N–H and O–H groups in total. The third-order valence-electron chi connectivity index (χ3n) is 3.95. The molecule has 0 aromatic carbocycles. The lowest BCUT2D eigenvalue weighted by Gasteiger charge is -2.41. The first-order chi connectivity index (χ1) is 6.74. The maximum Gasteiger partial charge on any atom is 0.0483 e. The van der Waals surface area contributed by atoms with E-state index in [4.69, 9.17) is 10.5 Å². The molecule has 0 aromatic rings. The highest BCUT2D eigenvalue weighted by molar-refractivity contribution is 4.92. The highest BCUT2D eigenvalue weighted by atomic mass is 16.5. The first kappa shape index (κ1) is 10.4. The summed E-state index contributed by atoms with van der Waals surface area (Å²) in [7, 11) is 0. The van der Waals surface area contributed by atoms with Crippen molar-refractivity contribution in [1.29, 1.82) is 0 Å². The molecule has 0 spiro atoms. The molecule has 2 rings (SSSR count). The first-order valence-corrected chi connectivity index (χ1v) is 5.77. The topological polar surface area (TPSA) is 38.5 Å². The van der Waals surface area contributed by atoms with Crippen molar-refractivity contribution < 1.29 is 4.74 Å². The van der Waals surface area contributed by atoms with E-state index in [1.165, 1.54) is 32.4 Å². The van der Waals surface area contributed by atoms with E-state index in [1.54, 1.807) is 0 Å². The van der Waals surface area contributed by atoms with E-state index in [1.807, 2.05) is 0 Å². The van der Waals surface area contributed by atoms with Gasteiger partial charge in [-0.3, -0.25) is 4.90 Å². The maximum atomic E-state index is 5.72. The van der Waals surface area contributed by atoms with Gasteiger partial charge in [-0.15, -0.1) is 0 Å². The van der Waals surface area contributed by atoms with Crippen LogP contribution in [-0.4, -0.2) is 43.3 Å². The Bertz CT molecular complexity index is 190. The van der Waals surface area contributed by atoms with Crippen LogP contribution in [0.15, 0.2) is 0 Å². The Labute approximate surface area is 86.6 Å². The van der Waals surface area contributed by atoms with Crippen molar-refractivity contribution in [2.24, 2.45) is 11.7 Å². The largest absolute Gasteiger partial charge is 0.381 e. The van der Waals surface area contributed by atoms with Crippen LogP contribution in [0.2, 0.25) is 0 Å². The van der Waals surface area contributed by atoms with Crippen LogP contribution in [0, 0.1) is 5.92 Å². The molecule has 2 aliphatic heterocycles. The molecule has 0 radical (unpaired) electrons. The van der Waals surface area contributed by atoms with Gasteiger partial charge in [-0.1, -0.05) is 0 Å². The van der Waals surface area contributed by atoms with Gasteiger partial charge in [0.15, 0.2) is 0 Å². The van der Waals surface area contributed by atoms with Gasteiger partial charge in [0, 0.05) is 25.3 Å². The summed E-state index contributed by atoms with van der Waals surface area (Å²) in [6.07, 6.45) is 3.65. The lowest BCUT2D eigenvalue weighted by molar-refractivity contribution is -0.0102. The third kappa shape index (κ3) is 1.95. The molecule has 3 heteroatoms. The van der Waals surface area contributed by atoms with E-state index in [0.717, 1.165) is 25.7 Å². The SMILES string of the molecule is CC1(N2CCC(CN)C2)CCOCC1. The molecule has 0 bridgehead atoms. The Hall–Kier alpha value is -0.120. The minimum atomic E-state index is 0.391. The van der Waals surface area contributed by atoms with Gasteiger partial charge in [0.2, 0.25) is 0 Å². The normalized spacial score (nSPS) is 33.4. The molecule has 2 heterocycles. The maximum absolute atomic E-state index is 5.72. The zero-order chi connectivity index (χ0) is 10.0. The van der Waals surface area contributed by atoms with Crippen molar-refractivity contribution in [3.63, 3.8) is 0 Å². The summed E-state index contributed by atoms with van der Waals surface area (Å²) in [4.78, 5) is 2.63. The molecule has 2 saturated heterocycles. The summed E-state index contributed by atoms with van der Waals surface area (Å²) < 4.78 is 5.43. The summed E-state index contributed by atoms with van der Waals surface area (Å²) in [5.41, 5.74) is 6.11. The van der Waals surface area contributed by atoms with Gasteiger partial charge >= 0.3 is 0 Å². The standard InChI is InChI=1S/C11H22N2O/c1-11(3-6-14-7-4-11)13-5-2-10(8-12)9-13/h10H,2-9,12H2,1H3. The monoisotopic (exact) mass is 198 g/mol. The summed E-state index contributed by atoms with van der Waals surface area (Å²) in [6.45, 7) is 7.53. The Balaban J connectivity index is 1.93. The molecule has 82 valence electrons. The average molecular weight is 198 g/mol. The van der Waals surface area contributed by atoms with E-state index in [-0.39, 0.29) is 0 Å². The molecule has 3 nitrogen and oxygen atoms in total. The smallest absolute Gasteiger partial charge is 0.0483 e. The molecule has 2 fully saturated rings. The highest BCUT2D eigenvalue weighted by Gasteiger charge is 2.37. The average Bonchev–Trinajstić information content (AvgIpc) is 2.67. The Kier molecular flexibility index (Phi) is 3.10. The van der Waals surface area contributed by atoms with Crippen LogP contribution in [0.5, 0.6) is 0 Å². The fourth-order valence-corrected chi connectivity index (χ4v) is 2.64. The molecular formula is C11H22N2O. The lowest BCUT2D eigenvalue weighted by atomic mass is 9.90. The zero-order valence-electron chi connectivity index (χ0n) is 9.17. The predicted octanol–water partition coefficient (Wildman–Crippen LogP) is 0.836. The fraction of sp³-hybridized carbons (Fsp3) is 1.00. The lowest BCUT2D eigenvalue weighted by Crippen LogP contribution is -2.49. The van der Waals surface area contributed by atoms with E-state index < -0.39 is 0 Å². The quantitative estimate of drug-likeness (QED) is 0.714. The van der Waals surface area contributed by atoms with Crippen molar-refractivity contribution in [3.8, 4) is 0 Å². The van der Waals surface area contributed by atoms with Gasteiger partial charge in [0.25, 0.3) is 0 Å². The number of hydrogen-bond acceptors (Lipinski definition) is 3. The van der Waals surface area contributed by atoms with E-state index in [0.29, 0.717) is 5.54 Å². The van der Waals surface area contributed by atoms with Crippen LogP contribution >= 0.6 is 0 Å².